The molecule has 1 fully saturated rings. The molecule has 1 aliphatic carbocycles. The Morgan fingerprint density at radius 3 is 2.67 bits per heavy atom. The van der Waals surface area contributed by atoms with Gasteiger partial charge in [0.15, 0.2) is 0 Å². The zero-order chi connectivity index (χ0) is 13.2. The highest BCUT2D eigenvalue weighted by Gasteiger charge is 2.22. The fourth-order valence-electron chi connectivity index (χ4n) is 1.66. The van der Waals surface area contributed by atoms with E-state index in [1.807, 2.05) is 0 Å². The van der Waals surface area contributed by atoms with Gasteiger partial charge in [0, 0.05) is 23.7 Å². The second-order valence-electron chi connectivity index (χ2n) is 6.11. The van der Waals surface area contributed by atoms with Crippen LogP contribution in [0.5, 0.6) is 5.75 Å². The molecule has 0 unspecified atom stereocenters. The van der Waals surface area contributed by atoms with Crippen LogP contribution in [0, 0.1) is 11.7 Å². The van der Waals surface area contributed by atoms with Crippen LogP contribution in [0.4, 0.5) is 4.39 Å². The van der Waals surface area contributed by atoms with Gasteiger partial charge in [0.1, 0.15) is 11.6 Å². The zero-order valence-corrected chi connectivity index (χ0v) is 11.4. The Balaban J connectivity index is 2.01. The number of halogens is 1. The minimum atomic E-state index is -0.236. The van der Waals surface area contributed by atoms with Gasteiger partial charge in [0.05, 0.1) is 6.61 Å². The highest BCUT2D eigenvalue weighted by atomic mass is 19.1. The summed E-state index contributed by atoms with van der Waals surface area (Å²) in [5.41, 5.74) is 1.06. The first-order valence-corrected chi connectivity index (χ1v) is 6.60. The molecule has 1 aromatic carbocycles. The van der Waals surface area contributed by atoms with Crippen molar-refractivity contribution in [2.45, 2.75) is 45.7 Å². The summed E-state index contributed by atoms with van der Waals surface area (Å²) < 4.78 is 19.0. The average molecular weight is 251 g/mol. The van der Waals surface area contributed by atoms with E-state index in [9.17, 15) is 4.39 Å². The van der Waals surface area contributed by atoms with E-state index in [1.165, 1.54) is 25.0 Å². The molecule has 0 atom stereocenters. The standard InChI is InChI=1S/C15H22FNO/c1-15(2,3)17-9-12-6-7-13(16)8-14(12)18-10-11-4-5-11/h6-8,11,17H,4-5,9-10H2,1-3H3. The molecule has 0 amide bonds. The molecule has 0 saturated heterocycles. The maximum Gasteiger partial charge on any atom is 0.126 e. The molecule has 100 valence electrons. The highest BCUT2D eigenvalue weighted by Crippen LogP contribution is 2.30. The van der Waals surface area contributed by atoms with Gasteiger partial charge in [0.2, 0.25) is 0 Å². The summed E-state index contributed by atoms with van der Waals surface area (Å²) in [7, 11) is 0. The fourth-order valence-corrected chi connectivity index (χ4v) is 1.66. The van der Waals surface area contributed by atoms with Crippen molar-refractivity contribution in [2.24, 2.45) is 5.92 Å². The lowest BCUT2D eigenvalue weighted by Crippen LogP contribution is -2.35. The van der Waals surface area contributed by atoms with Crippen LogP contribution in [0.3, 0.4) is 0 Å². The zero-order valence-electron chi connectivity index (χ0n) is 11.4. The number of benzene rings is 1. The summed E-state index contributed by atoms with van der Waals surface area (Å²) in [5.74, 6) is 1.12. The third-order valence-corrected chi connectivity index (χ3v) is 3.01. The van der Waals surface area contributed by atoms with E-state index in [1.54, 1.807) is 6.07 Å². The molecule has 0 bridgehead atoms. The molecule has 0 spiro atoms. The summed E-state index contributed by atoms with van der Waals surface area (Å²) in [6.45, 7) is 7.75. The van der Waals surface area contributed by atoms with Crippen molar-refractivity contribution in [3.05, 3.63) is 29.6 Å². The Kier molecular flexibility index (Phi) is 3.91. The summed E-state index contributed by atoms with van der Waals surface area (Å²) in [5, 5.41) is 3.40. The Labute approximate surface area is 109 Å². The maximum absolute atomic E-state index is 13.3. The third-order valence-electron chi connectivity index (χ3n) is 3.01. The predicted molar refractivity (Wildman–Crippen MR) is 71.2 cm³/mol. The molecule has 1 aromatic rings. The van der Waals surface area contributed by atoms with Gasteiger partial charge < -0.3 is 10.1 Å². The van der Waals surface area contributed by atoms with Crippen molar-refractivity contribution in [3.63, 3.8) is 0 Å². The molecule has 2 rings (SSSR count). The van der Waals surface area contributed by atoms with Crippen LogP contribution in [0.2, 0.25) is 0 Å². The normalized spacial score (nSPS) is 15.8. The van der Waals surface area contributed by atoms with Crippen molar-refractivity contribution in [1.29, 1.82) is 0 Å². The van der Waals surface area contributed by atoms with Crippen LogP contribution >= 0.6 is 0 Å². The van der Waals surface area contributed by atoms with Crippen LogP contribution in [0.25, 0.3) is 0 Å². The Morgan fingerprint density at radius 2 is 2.06 bits per heavy atom. The first-order chi connectivity index (χ1) is 8.44. The van der Waals surface area contributed by atoms with E-state index < -0.39 is 0 Å². The second kappa shape index (κ2) is 5.27. The fraction of sp³-hybridized carbons (Fsp3) is 0.600. The molecule has 1 aliphatic rings. The molecule has 1 saturated carbocycles. The Hall–Kier alpha value is -1.09. The van der Waals surface area contributed by atoms with Crippen molar-refractivity contribution in [3.8, 4) is 5.75 Å². The molecule has 18 heavy (non-hydrogen) atoms. The highest BCUT2D eigenvalue weighted by molar-refractivity contribution is 5.34. The summed E-state index contributed by atoms with van der Waals surface area (Å²) >= 11 is 0. The predicted octanol–water partition coefficient (Wildman–Crippen LogP) is 3.50. The molecule has 0 radical (unpaired) electrons. The van der Waals surface area contributed by atoms with Gasteiger partial charge in [-0.2, -0.15) is 0 Å². The molecule has 2 nitrogen and oxygen atoms in total. The topological polar surface area (TPSA) is 21.3 Å². The van der Waals surface area contributed by atoms with Crippen LogP contribution in [-0.2, 0) is 6.54 Å². The van der Waals surface area contributed by atoms with Crippen LogP contribution < -0.4 is 10.1 Å². The Bertz CT molecular complexity index is 407. The molecule has 3 heteroatoms. The number of rotatable bonds is 5. The quantitative estimate of drug-likeness (QED) is 0.864. The summed E-state index contributed by atoms with van der Waals surface area (Å²) in [6.07, 6.45) is 2.48. The van der Waals surface area contributed by atoms with Crippen molar-refractivity contribution < 1.29 is 9.13 Å². The van der Waals surface area contributed by atoms with E-state index in [-0.39, 0.29) is 11.4 Å². The molecule has 0 heterocycles. The number of hydrogen-bond donors (Lipinski definition) is 1. The SMILES string of the molecule is CC(C)(C)NCc1ccc(F)cc1OCC1CC1. The van der Waals surface area contributed by atoms with Gasteiger partial charge in [0.25, 0.3) is 0 Å². The third kappa shape index (κ3) is 4.30. The minimum Gasteiger partial charge on any atom is -0.493 e. The molecular weight excluding hydrogens is 229 g/mol. The van der Waals surface area contributed by atoms with E-state index in [0.29, 0.717) is 24.8 Å². The lowest BCUT2D eigenvalue weighted by molar-refractivity contribution is 0.293. The second-order valence-corrected chi connectivity index (χ2v) is 6.11. The van der Waals surface area contributed by atoms with Crippen LogP contribution in [0.1, 0.15) is 39.2 Å². The van der Waals surface area contributed by atoms with Gasteiger partial charge >= 0.3 is 0 Å². The smallest absolute Gasteiger partial charge is 0.126 e. The lowest BCUT2D eigenvalue weighted by atomic mass is 10.1. The molecule has 0 aromatic heterocycles. The monoisotopic (exact) mass is 251 g/mol. The number of nitrogens with one attached hydrogen (secondary N) is 1. The summed E-state index contributed by atoms with van der Waals surface area (Å²) in [6, 6.07) is 4.78. The largest absolute Gasteiger partial charge is 0.493 e. The van der Waals surface area contributed by atoms with Crippen molar-refractivity contribution >= 4 is 0 Å². The van der Waals surface area contributed by atoms with Gasteiger partial charge in [-0.3, -0.25) is 0 Å². The van der Waals surface area contributed by atoms with E-state index in [2.05, 4.69) is 26.1 Å². The van der Waals surface area contributed by atoms with E-state index in [0.717, 1.165) is 5.56 Å². The Morgan fingerprint density at radius 1 is 1.33 bits per heavy atom. The minimum absolute atomic E-state index is 0.0438. The van der Waals surface area contributed by atoms with E-state index >= 15 is 0 Å². The van der Waals surface area contributed by atoms with Crippen LogP contribution in [-0.4, -0.2) is 12.1 Å². The first-order valence-electron chi connectivity index (χ1n) is 6.60. The number of hydrogen-bond acceptors (Lipinski definition) is 2. The maximum atomic E-state index is 13.3. The average Bonchev–Trinajstić information content (AvgIpc) is 3.07. The van der Waals surface area contributed by atoms with E-state index in [4.69, 9.17) is 4.74 Å². The molecular formula is C15H22FNO. The summed E-state index contributed by atoms with van der Waals surface area (Å²) in [4.78, 5) is 0. The number of ether oxygens (including phenoxy) is 1. The van der Waals surface area contributed by atoms with Gasteiger partial charge in [-0.15, -0.1) is 0 Å². The van der Waals surface area contributed by atoms with Gasteiger partial charge in [-0.25, -0.2) is 4.39 Å². The van der Waals surface area contributed by atoms with Gasteiger partial charge in [-0.1, -0.05) is 6.07 Å². The lowest BCUT2D eigenvalue weighted by Gasteiger charge is -2.21. The van der Waals surface area contributed by atoms with Crippen molar-refractivity contribution in [1.82, 2.24) is 5.32 Å². The van der Waals surface area contributed by atoms with Crippen molar-refractivity contribution in [2.75, 3.05) is 6.61 Å². The first kappa shape index (κ1) is 13.3. The van der Waals surface area contributed by atoms with Crippen LogP contribution in [0.15, 0.2) is 18.2 Å². The van der Waals surface area contributed by atoms with Gasteiger partial charge in [-0.05, 0) is 45.6 Å². The molecule has 1 N–H and O–H groups in total. The molecule has 0 aliphatic heterocycles.